The highest BCUT2D eigenvalue weighted by Crippen LogP contribution is 2.36. The summed E-state index contributed by atoms with van der Waals surface area (Å²) in [6.07, 6.45) is 1.60. The zero-order chi connectivity index (χ0) is 17.4. The quantitative estimate of drug-likeness (QED) is 0.876. The van der Waals surface area contributed by atoms with Gasteiger partial charge in [-0.05, 0) is 39.3 Å². The first-order chi connectivity index (χ1) is 11.3. The van der Waals surface area contributed by atoms with Gasteiger partial charge in [0, 0.05) is 18.2 Å². The van der Waals surface area contributed by atoms with E-state index in [1.165, 1.54) is 6.07 Å². The molecule has 0 spiro atoms. The van der Waals surface area contributed by atoms with E-state index < -0.39 is 24.1 Å². The standard InChI is InChI=1S/C18H22BFN2O2/c1-17(2)18(3,4)24-19(23-17)14-10-15(20)16(22-12-14)21-11-13-8-6-5-7-9-13/h5-10,12H,11H2,1-4H3,(H,21,22). The van der Waals surface area contributed by atoms with Crippen LogP contribution in [-0.4, -0.2) is 23.3 Å². The highest BCUT2D eigenvalue weighted by Gasteiger charge is 2.51. The Balaban J connectivity index is 1.71. The number of halogens is 1. The Morgan fingerprint density at radius 3 is 2.29 bits per heavy atom. The van der Waals surface area contributed by atoms with E-state index in [1.54, 1.807) is 6.20 Å². The molecule has 0 amide bonds. The maximum Gasteiger partial charge on any atom is 0.496 e. The highest BCUT2D eigenvalue weighted by molar-refractivity contribution is 6.62. The smallest absolute Gasteiger partial charge is 0.399 e. The largest absolute Gasteiger partial charge is 0.496 e. The number of rotatable bonds is 4. The Kier molecular flexibility index (Phi) is 4.36. The van der Waals surface area contributed by atoms with Gasteiger partial charge in [0.05, 0.1) is 11.2 Å². The number of hydrogen-bond acceptors (Lipinski definition) is 4. The average Bonchev–Trinajstić information content (AvgIpc) is 2.75. The van der Waals surface area contributed by atoms with Crippen LogP contribution in [0.3, 0.4) is 0 Å². The second-order valence-corrected chi connectivity index (χ2v) is 7.03. The molecule has 3 rings (SSSR count). The molecule has 1 aliphatic heterocycles. The van der Waals surface area contributed by atoms with E-state index in [9.17, 15) is 4.39 Å². The Bertz CT molecular complexity index is 706. The minimum atomic E-state index is -0.611. The molecule has 1 fully saturated rings. The average molecular weight is 328 g/mol. The predicted octanol–water partition coefficient (Wildman–Crippen LogP) is 3.13. The number of nitrogens with one attached hydrogen (secondary N) is 1. The summed E-state index contributed by atoms with van der Waals surface area (Å²) >= 11 is 0. The number of pyridine rings is 1. The lowest BCUT2D eigenvalue weighted by molar-refractivity contribution is 0.00578. The minimum absolute atomic E-state index is 0.221. The molecule has 0 saturated carbocycles. The summed E-state index contributed by atoms with van der Waals surface area (Å²) in [7, 11) is -0.611. The zero-order valence-corrected chi connectivity index (χ0v) is 14.5. The molecular weight excluding hydrogens is 306 g/mol. The molecule has 24 heavy (non-hydrogen) atoms. The van der Waals surface area contributed by atoms with E-state index in [0.717, 1.165) is 5.56 Å². The van der Waals surface area contributed by atoms with Crippen molar-refractivity contribution in [3.05, 3.63) is 54.0 Å². The van der Waals surface area contributed by atoms with Crippen molar-refractivity contribution >= 4 is 18.4 Å². The lowest BCUT2D eigenvalue weighted by atomic mass is 9.80. The van der Waals surface area contributed by atoms with Crippen molar-refractivity contribution in [3.8, 4) is 0 Å². The third-order valence-electron chi connectivity index (χ3n) is 4.69. The van der Waals surface area contributed by atoms with Crippen LogP contribution < -0.4 is 10.8 Å². The molecular formula is C18H22BFN2O2. The molecule has 1 aliphatic rings. The van der Waals surface area contributed by atoms with Gasteiger partial charge in [-0.15, -0.1) is 0 Å². The first-order valence-electron chi connectivity index (χ1n) is 8.07. The maximum atomic E-state index is 14.4. The molecule has 6 heteroatoms. The van der Waals surface area contributed by atoms with Gasteiger partial charge in [0.2, 0.25) is 0 Å². The van der Waals surface area contributed by atoms with Crippen LogP contribution >= 0.6 is 0 Å². The Labute approximate surface area is 142 Å². The summed E-state index contributed by atoms with van der Waals surface area (Å²) in [5.41, 5.74) is 0.724. The normalized spacial score (nSPS) is 18.6. The lowest BCUT2D eigenvalue weighted by Crippen LogP contribution is -2.41. The molecule has 1 aromatic carbocycles. The van der Waals surface area contributed by atoms with E-state index >= 15 is 0 Å². The molecule has 0 unspecified atom stereocenters. The first-order valence-corrected chi connectivity index (χ1v) is 8.07. The van der Waals surface area contributed by atoms with Gasteiger partial charge in [0.1, 0.15) is 0 Å². The molecule has 126 valence electrons. The molecule has 2 aromatic rings. The molecule has 4 nitrogen and oxygen atoms in total. The maximum absolute atomic E-state index is 14.4. The Morgan fingerprint density at radius 1 is 1.08 bits per heavy atom. The monoisotopic (exact) mass is 328 g/mol. The molecule has 0 bridgehead atoms. The SMILES string of the molecule is CC1(C)OB(c2cnc(NCc3ccccc3)c(F)c2)OC1(C)C. The third-order valence-corrected chi connectivity index (χ3v) is 4.69. The molecule has 0 radical (unpaired) electrons. The van der Waals surface area contributed by atoms with Gasteiger partial charge in [0.25, 0.3) is 0 Å². The fraction of sp³-hybridized carbons (Fsp3) is 0.389. The summed E-state index contributed by atoms with van der Waals surface area (Å²) in [6.45, 7) is 8.37. The molecule has 0 aliphatic carbocycles. The zero-order valence-electron chi connectivity index (χ0n) is 14.5. The van der Waals surface area contributed by atoms with Crippen molar-refractivity contribution < 1.29 is 13.7 Å². The first kappa shape index (κ1) is 16.9. The minimum Gasteiger partial charge on any atom is -0.399 e. The third kappa shape index (κ3) is 3.30. The number of hydrogen-bond donors (Lipinski definition) is 1. The molecule has 0 atom stereocenters. The van der Waals surface area contributed by atoms with E-state index in [0.29, 0.717) is 12.0 Å². The molecule has 1 aromatic heterocycles. The van der Waals surface area contributed by atoms with Crippen molar-refractivity contribution in [1.82, 2.24) is 4.98 Å². The second-order valence-electron chi connectivity index (χ2n) is 7.03. The van der Waals surface area contributed by atoms with Crippen LogP contribution in [0.15, 0.2) is 42.6 Å². The van der Waals surface area contributed by atoms with Crippen LogP contribution in [0.25, 0.3) is 0 Å². The van der Waals surface area contributed by atoms with Crippen LogP contribution in [0.2, 0.25) is 0 Å². The van der Waals surface area contributed by atoms with Crippen molar-refractivity contribution in [3.63, 3.8) is 0 Å². The van der Waals surface area contributed by atoms with Gasteiger partial charge in [-0.25, -0.2) is 9.37 Å². The number of benzene rings is 1. The van der Waals surface area contributed by atoms with E-state index in [4.69, 9.17) is 9.31 Å². The Hall–Kier alpha value is -1.92. The molecule has 1 N–H and O–H groups in total. The van der Waals surface area contributed by atoms with Crippen LogP contribution in [0, 0.1) is 5.82 Å². The van der Waals surface area contributed by atoms with E-state index in [-0.39, 0.29) is 5.82 Å². The fourth-order valence-corrected chi connectivity index (χ4v) is 2.47. The number of aromatic nitrogens is 1. The summed E-state index contributed by atoms with van der Waals surface area (Å²) in [5.74, 6) is -0.197. The van der Waals surface area contributed by atoms with Gasteiger partial charge in [-0.1, -0.05) is 30.3 Å². The van der Waals surface area contributed by atoms with Gasteiger partial charge in [0.15, 0.2) is 11.6 Å². The van der Waals surface area contributed by atoms with Gasteiger partial charge in [-0.3, -0.25) is 0 Å². The topological polar surface area (TPSA) is 43.4 Å². The van der Waals surface area contributed by atoms with Gasteiger partial charge < -0.3 is 14.6 Å². The van der Waals surface area contributed by atoms with E-state index in [2.05, 4.69) is 10.3 Å². The molecule has 1 saturated heterocycles. The summed E-state index contributed by atoms with van der Waals surface area (Å²) in [6, 6.07) is 11.2. The Morgan fingerprint density at radius 2 is 1.71 bits per heavy atom. The van der Waals surface area contributed by atoms with Crippen molar-refractivity contribution in [2.24, 2.45) is 0 Å². The van der Waals surface area contributed by atoms with Crippen LogP contribution in [0.4, 0.5) is 10.2 Å². The van der Waals surface area contributed by atoms with Gasteiger partial charge in [-0.2, -0.15) is 0 Å². The predicted molar refractivity (Wildman–Crippen MR) is 93.7 cm³/mol. The van der Waals surface area contributed by atoms with Crippen molar-refractivity contribution in [2.45, 2.75) is 45.4 Å². The van der Waals surface area contributed by atoms with Crippen LogP contribution in [0.5, 0.6) is 0 Å². The number of nitrogens with zero attached hydrogens (tertiary/aromatic N) is 1. The van der Waals surface area contributed by atoms with E-state index in [1.807, 2.05) is 58.0 Å². The second kappa shape index (κ2) is 6.18. The van der Waals surface area contributed by atoms with Crippen LogP contribution in [0.1, 0.15) is 33.3 Å². The summed E-state index contributed by atoms with van der Waals surface area (Å²) < 4.78 is 26.2. The summed E-state index contributed by atoms with van der Waals surface area (Å²) in [5, 5.41) is 3.01. The van der Waals surface area contributed by atoms with Crippen molar-refractivity contribution in [1.29, 1.82) is 0 Å². The van der Waals surface area contributed by atoms with Crippen LogP contribution in [-0.2, 0) is 15.9 Å². The highest BCUT2D eigenvalue weighted by atomic mass is 19.1. The molecule has 2 heterocycles. The lowest BCUT2D eigenvalue weighted by Gasteiger charge is -2.32. The summed E-state index contributed by atoms with van der Waals surface area (Å²) in [4.78, 5) is 4.19. The van der Waals surface area contributed by atoms with Gasteiger partial charge >= 0.3 is 7.12 Å². The fourth-order valence-electron chi connectivity index (χ4n) is 2.47. The van der Waals surface area contributed by atoms with Crippen molar-refractivity contribution in [2.75, 3.05) is 5.32 Å². The number of anilines is 1.